The van der Waals surface area contributed by atoms with E-state index >= 15 is 0 Å². The molecule has 0 saturated heterocycles. The van der Waals surface area contributed by atoms with Crippen molar-refractivity contribution >= 4 is 37.5 Å². The second kappa shape index (κ2) is 7.00. The summed E-state index contributed by atoms with van der Waals surface area (Å²) in [4.78, 5) is 16.8. The molecule has 0 aliphatic rings. The van der Waals surface area contributed by atoms with Crippen LogP contribution in [0.3, 0.4) is 0 Å². The van der Waals surface area contributed by atoms with E-state index in [1.807, 2.05) is 18.4 Å². The van der Waals surface area contributed by atoms with E-state index in [0.29, 0.717) is 11.3 Å². The molecule has 0 radical (unpaired) electrons. The number of hydrogen-bond donors (Lipinski definition) is 0. The summed E-state index contributed by atoms with van der Waals surface area (Å²) in [5.41, 5.74) is 3.32. The Kier molecular flexibility index (Phi) is 5.42. The van der Waals surface area contributed by atoms with Crippen molar-refractivity contribution in [1.82, 2.24) is 8.87 Å². The van der Waals surface area contributed by atoms with Crippen molar-refractivity contribution in [3.8, 4) is 0 Å². The molecule has 0 aliphatic carbocycles. The van der Waals surface area contributed by atoms with Gasteiger partial charge >= 0.3 is 0 Å². The fourth-order valence-electron chi connectivity index (χ4n) is 2.16. The maximum atomic E-state index is 12.1. The van der Waals surface area contributed by atoms with Gasteiger partial charge in [0.2, 0.25) is 10.0 Å². The Morgan fingerprint density at radius 3 is 2.58 bits per heavy atom. The average molecular weight is 367 g/mol. The lowest BCUT2D eigenvalue weighted by molar-refractivity contribution is -0.118. The number of aryl methyl sites for hydroxylation is 2. The third-order valence-corrected chi connectivity index (χ3v) is 6.06. The van der Waals surface area contributed by atoms with Gasteiger partial charge in [0, 0.05) is 13.6 Å². The minimum atomic E-state index is -3.41. The first-order chi connectivity index (χ1) is 11.1. The maximum Gasteiger partial charge on any atom is 0.263 e. The van der Waals surface area contributed by atoms with Gasteiger partial charge in [0.15, 0.2) is 4.80 Å². The predicted octanol–water partition coefficient (Wildman–Crippen LogP) is 1.82. The molecule has 0 saturated carbocycles. The van der Waals surface area contributed by atoms with Gasteiger partial charge in [0.05, 0.1) is 23.0 Å². The summed E-state index contributed by atoms with van der Waals surface area (Å²) in [7, 11) is -2.05. The lowest BCUT2D eigenvalue weighted by Crippen LogP contribution is -2.31. The van der Waals surface area contributed by atoms with E-state index in [-0.39, 0.29) is 6.54 Å². The number of hydrogen-bond acceptors (Lipinski definition) is 4. The first-order valence-electron chi connectivity index (χ1n) is 7.34. The van der Waals surface area contributed by atoms with Gasteiger partial charge in [-0.2, -0.15) is 9.30 Å². The third kappa shape index (κ3) is 4.00. The van der Waals surface area contributed by atoms with Crippen LogP contribution in [0.2, 0.25) is 0 Å². The SMILES string of the molecule is C=CCn1c(=NC(=O)CN(C)S(C)(=O)=O)sc2cc(C)c(C)cc21. The van der Waals surface area contributed by atoms with E-state index in [4.69, 9.17) is 0 Å². The molecule has 2 rings (SSSR count). The van der Waals surface area contributed by atoms with Gasteiger partial charge in [-0.05, 0) is 37.1 Å². The molecule has 2 aromatic rings. The van der Waals surface area contributed by atoms with Crippen LogP contribution in [0.25, 0.3) is 10.2 Å². The minimum Gasteiger partial charge on any atom is -0.312 e. The van der Waals surface area contributed by atoms with E-state index in [0.717, 1.165) is 26.3 Å². The Bertz CT molecular complexity index is 968. The Labute approximate surface area is 145 Å². The number of fused-ring (bicyclic) bond motifs is 1. The van der Waals surface area contributed by atoms with Crippen LogP contribution in [0.4, 0.5) is 0 Å². The smallest absolute Gasteiger partial charge is 0.263 e. The number of rotatable bonds is 5. The van der Waals surface area contributed by atoms with E-state index < -0.39 is 15.9 Å². The topological polar surface area (TPSA) is 71.7 Å². The second-order valence-corrected chi connectivity index (χ2v) is 8.81. The highest BCUT2D eigenvalue weighted by atomic mass is 32.2. The highest BCUT2D eigenvalue weighted by Crippen LogP contribution is 2.22. The number of carbonyl (C=O) groups excluding carboxylic acids is 1. The molecule has 0 bridgehead atoms. The highest BCUT2D eigenvalue weighted by molar-refractivity contribution is 7.88. The van der Waals surface area contributed by atoms with Gasteiger partial charge in [0.25, 0.3) is 5.91 Å². The molecule has 6 nitrogen and oxygen atoms in total. The highest BCUT2D eigenvalue weighted by Gasteiger charge is 2.15. The van der Waals surface area contributed by atoms with Gasteiger partial charge in [-0.25, -0.2) is 8.42 Å². The molecule has 0 N–H and O–H groups in total. The van der Waals surface area contributed by atoms with Crippen LogP contribution in [0.5, 0.6) is 0 Å². The molecule has 1 amide bonds. The van der Waals surface area contributed by atoms with E-state index in [9.17, 15) is 13.2 Å². The molecular formula is C16H21N3O3S2. The van der Waals surface area contributed by atoms with Crippen molar-refractivity contribution in [2.24, 2.45) is 4.99 Å². The molecule has 0 fully saturated rings. The Hall–Kier alpha value is -1.77. The summed E-state index contributed by atoms with van der Waals surface area (Å²) in [6, 6.07) is 4.14. The van der Waals surface area contributed by atoms with Crippen molar-refractivity contribution in [2.45, 2.75) is 20.4 Å². The number of carbonyl (C=O) groups is 1. The van der Waals surface area contributed by atoms with Crippen LogP contribution < -0.4 is 4.80 Å². The fourth-order valence-corrected chi connectivity index (χ4v) is 3.64. The molecule has 1 heterocycles. The zero-order valence-corrected chi connectivity index (χ0v) is 15.9. The van der Waals surface area contributed by atoms with Crippen molar-refractivity contribution in [2.75, 3.05) is 19.8 Å². The summed E-state index contributed by atoms with van der Waals surface area (Å²) >= 11 is 1.41. The van der Waals surface area contributed by atoms with Crippen LogP contribution in [-0.4, -0.2) is 43.0 Å². The number of amides is 1. The molecule has 8 heteroatoms. The van der Waals surface area contributed by atoms with E-state index in [1.54, 1.807) is 6.08 Å². The zero-order valence-electron chi connectivity index (χ0n) is 14.2. The van der Waals surface area contributed by atoms with Crippen molar-refractivity contribution in [3.63, 3.8) is 0 Å². The summed E-state index contributed by atoms with van der Waals surface area (Å²) in [6.07, 6.45) is 2.80. The molecule has 1 aromatic carbocycles. The predicted molar refractivity (Wildman–Crippen MR) is 97.5 cm³/mol. The zero-order chi connectivity index (χ0) is 18.1. The lowest BCUT2D eigenvalue weighted by Gasteiger charge is -2.10. The number of nitrogens with zero attached hydrogens (tertiary/aromatic N) is 3. The summed E-state index contributed by atoms with van der Waals surface area (Å²) in [5, 5.41) is 0. The van der Waals surface area contributed by atoms with Crippen molar-refractivity contribution in [1.29, 1.82) is 0 Å². The summed E-state index contributed by atoms with van der Waals surface area (Å²) in [6.45, 7) is 8.07. The molecule has 0 aliphatic heterocycles. The largest absolute Gasteiger partial charge is 0.312 e. The number of likely N-dealkylation sites (N-methyl/N-ethyl adjacent to an activating group) is 1. The first kappa shape index (κ1) is 18.6. The average Bonchev–Trinajstić information content (AvgIpc) is 2.76. The van der Waals surface area contributed by atoms with Crippen LogP contribution in [-0.2, 0) is 21.4 Å². The van der Waals surface area contributed by atoms with Crippen molar-refractivity contribution in [3.05, 3.63) is 40.7 Å². The number of thiazole rings is 1. The van der Waals surface area contributed by atoms with Crippen LogP contribution >= 0.6 is 11.3 Å². The number of sulfonamides is 1. The first-order valence-corrected chi connectivity index (χ1v) is 10.0. The maximum absolute atomic E-state index is 12.1. The van der Waals surface area contributed by atoms with Crippen molar-refractivity contribution < 1.29 is 13.2 Å². The quantitative estimate of drug-likeness (QED) is 0.757. The van der Waals surface area contributed by atoms with Crippen LogP contribution in [0.15, 0.2) is 29.8 Å². The molecular weight excluding hydrogens is 346 g/mol. The monoisotopic (exact) mass is 367 g/mol. The Morgan fingerprint density at radius 1 is 1.38 bits per heavy atom. The van der Waals surface area contributed by atoms with Crippen LogP contribution in [0.1, 0.15) is 11.1 Å². The van der Waals surface area contributed by atoms with Gasteiger partial charge in [-0.1, -0.05) is 17.4 Å². The molecule has 24 heavy (non-hydrogen) atoms. The van der Waals surface area contributed by atoms with Gasteiger partial charge < -0.3 is 4.57 Å². The number of benzene rings is 1. The van der Waals surface area contributed by atoms with Gasteiger partial charge in [-0.15, -0.1) is 6.58 Å². The van der Waals surface area contributed by atoms with Gasteiger partial charge in [-0.3, -0.25) is 4.79 Å². The van der Waals surface area contributed by atoms with Crippen LogP contribution in [0, 0.1) is 13.8 Å². The minimum absolute atomic E-state index is 0.279. The molecule has 130 valence electrons. The number of aromatic nitrogens is 1. The normalized spacial score (nSPS) is 13.0. The molecule has 0 unspecified atom stereocenters. The van der Waals surface area contributed by atoms with Gasteiger partial charge in [0.1, 0.15) is 0 Å². The molecule has 0 spiro atoms. The third-order valence-electron chi connectivity index (χ3n) is 3.75. The Morgan fingerprint density at radius 2 is 2.00 bits per heavy atom. The lowest BCUT2D eigenvalue weighted by atomic mass is 10.1. The second-order valence-electron chi connectivity index (χ2n) is 5.71. The van der Waals surface area contributed by atoms with E-state index in [1.165, 1.54) is 23.9 Å². The molecule has 1 aromatic heterocycles. The standard InChI is InChI=1S/C16H21N3O3S2/c1-6-7-19-13-8-11(2)12(3)9-14(13)23-16(19)17-15(20)10-18(4)24(5,21)22/h6,8-9H,1,7,10H2,2-5H3. The summed E-state index contributed by atoms with van der Waals surface area (Å²) < 4.78 is 26.8. The molecule has 0 atom stereocenters. The fraction of sp³-hybridized carbons (Fsp3) is 0.375. The summed E-state index contributed by atoms with van der Waals surface area (Å²) in [5.74, 6) is -0.499. The van der Waals surface area contributed by atoms with E-state index in [2.05, 4.69) is 23.7 Å². The Balaban J connectivity index is 2.52. The number of allylic oxidation sites excluding steroid dienone is 1.